The molecule has 0 bridgehead atoms. The molecule has 2 heterocycles. The summed E-state index contributed by atoms with van der Waals surface area (Å²) in [6, 6.07) is 4.55. The number of aromatic nitrogens is 3. The van der Waals surface area contributed by atoms with E-state index in [1.165, 1.54) is 24.7 Å². The zero-order valence-corrected chi connectivity index (χ0v) is 9.35. The Hall–Kier alpha value is -2.21. The van der Waals surface area contributed by atoms with E-state index in [1.54, 1.807) is 6.07 Å². The van der Waals surface area contributed by atoms with Crippen LogP contribution < -0.4 is 11.1 Å². The van der Waals surface area contributed by atoms with Gasteiger partial charge in [0.15, 0.2) is 0 Å². The van der Waals surface area contributed by atoms with Gasteiger partial charge in [-0.1, -0.05) is 11.6 Å². The molecule has 2 aromatic rings. The molecule has 1 amide bonds. The van der Waals surface area contributed by atoms with Crippen LogP contribution in [0.15, 0.2) is 30.7 Å². The molecule has 17 heavy (non-hydrogen) atoms. The van der Waals surface area contributed by atoms with Crippen molar-refractivity contribution in [2.75, 3.05) is 11.1 Å². The van der Waals surface area contributed by atoms with Crippen LogP contribution in [0.4, 0.5) is 11.5 Å². The van der Waals surface area contributed by atoms with E-state index < -0.39 is 0 Å². The van der Waals surface area contributed by atoms with Crippen LogP contribution in [0.2, 0.25) is 5.15 Å². The van der Waals surface area contributed by atoms with Crippen molar-refractivity contribution in [3.05, 3.63) is 41.6 Å². The normalized spacial score (nSPS) is 9.94. The van der Waals surface area contributed by atoms with Gasteiger partial charge in [0.1, 0.15) is 23.0 Å². The zero-order valence-electron chi connectivity index (χ0n) is 8.59. The summed E-state index contributed by atoms with van der Waals surface area (Å²) in [6.07, 6.45) is 2.66. The number of nitrogens with two attached hydrogens (primary N) is 1. The van der Waals surface area contributed by atoms with Crippen LogP contribution in [-0.2, 0) is 0 Å². The fraction of sp³-hybridized carbons (Fsp3) is 0. The number of anilines is 2. The summed E-state index contributed by atoms with van der Waals surface area (Å²) < 4.78 is 0. The Morgan fingerprint density at radius 3 is 2.76 bits per heavy atom. The van der Waals surface area contributed by atoms with Crippen molar-refractivity contribution in [1.29, 1.82) is 0 Å². The molecule has 0 aliphatic rings. The fourth-order valence-electron chi connectivity index (χ4n) is 1.12. The third kappa shape index (κ3) is 2.88. The average molecular weight is 250 g/mol. The van der Waals surface area contributed by atoms with Crippen molar-refractivity contribution in [1.82, 2.24) is 15.0 Å². The molecule has 0 aliphatic carbocycles. The molecule has 0 saturated carbocycles. The third-order valence-electron chi connectivity index (χ3n) is 1.89. The molecular formula is C10H8ClN5O. The Morgan fingerprint density at radius 1 is 1.29 bits per heavy atom. The molecule has 2 aromatic heterocycles. The quantitative estimate of drug-likeness (QED) is 0.784. The lowest BCUT2D eigenvalue weighted by molar-refractivity contribution is 0.102. The van der Waals surface area contributed by atoms with E-state index in [9.17, 15) is 4.79 Å². The Labute approximate surface area is 102 Å². The van der Waals surface area contributed by atoms with E-state index in [-0.39, 0.29) is 16.8 Å². The lowest BCUT2D eigenvalue weighted by Gasteiger charge is -2.03. The van der Waals surface area contributed by atoms with E-state index >= 15 is 0 Å². The number of amides is 1. The molecule has 0 spiro atoms. The Balaban J connectivity index is 2.14. The van der Waals surface area contributed by atoms with Crippen LogP contribution in [0.25, 0.3) is 0 Å². The van der Waals surface area contributed by atoms with E-state index in [4.69, 9.17) is 17.3 Å². The van der Waals surface area contributed by atoms with Crippen molar-refractivity contribution in [3.8, 4) is 0 Å². The Bertz CT molecular complexity index is 543. The smallest absolute Gasteiger partial charge is 0.275 e. The van der Waals surface area contributed by atoms with Gasteiger partial charge in [-0.05, 0) is 12.1 Å². The molecule has 0 aliphatic heterocycles. The maximum atomic E-state index is 11.7. The maximum Gasteiger partial charge on any atom is 0.275 e. The Morgan fingerprint density at radius 2 is 2.12 bits per heavy atom. The number of nitrogen functional groups attached to an aromatic ring is 1. The molecule has 3 N–H and O–H groups in total. The highest BCUT2D eigenvalue weighted by Gasteiger charge is 2.08. The van der Waals surface area contributed by atoms with E-state index in [0.717, 1.165) is 0 Å². The number of hydrogen-bond donors (Lipinski definition) is 2. The first-order chi connectivity index (χ1) is 8.15. The van der Waals surface area contributed by atoms with Crippen LogP contribution in [0.1, 0.15) is 10.5 Å². The summed E-state index contributed by atoms with van der Waals surface area (Å²) in [4.78, 5) is 23.1. The Kier molecular flexibility index (Phi) is 3.15. The van der Waals surface area contributed by atoms with Gasteiger partial charge in [-0.2, -0.15) is 0 Å². The zero-order chi connectivity index (χ0) is 12.3. The van der Waals surface area contributed by atoms with Crippen LogP contribution in [-0.4, -0.2) is 20.9 Å². The average Bonchev–Trinajstić information content (AvgIpc) is 2.29. The largest absolute Gasteiger partial charge is 0.397 e. The van der Waals surface area contributed by atoms with Crippen molar-refractivity contribution in [3.63, 3.8) is 0 Å². The maximum absolute atomic E-state index is 11.7. The van der Waals surface area contributed by atoms with Crippen LogP contribution in [0.5, 0.6) is 0 Å². The summed E-state index contributed by atoms with van der Waals surface area (Å²) in [5.41, 5.74) is 6.20. The summed E-state index contributed by atoms with van der Waals surface area (Å²) in [5.74, 6) is -0.0756. The van der Waals surface area contributed by atoms with Gasteiger partial charge < -0.3 is 11.1 Å². The summed E-state index contributed by atoms with van der Waals surface area (Å²) in [5, 5.41) is 2.79. The first-order valence-corrected chi connectivity index (χ1v) is 5.03. The predicted molar refractivity (Wildman–Crippen MR) is 63.6 cm³/mol. The number of carbonyl (C=O) groups excluding carboxylic acids is 1. The number of pyridine rings is 1. The number of nitrogens with one attached hydrogen (secondary N) is 1. The van der Waals surface area contributed by atoms with Gasteiger partial charge in [-0.3, -0.25) is 4.79 Å². The molecule has 0 saturated heterocycles. The van der Waals surface area contributed by atoms with Crippen molar-refractivity contribution in [2.24, 2.45) is 0 Å². The number of halogens is 1. The minimum atomic E-state index is -0.389. The van der Waals surface area contributed by atoms with Crippen LogP contribution >= 0.6 is 11.6 Å². The van der Waals surface area contributed by atoms with E-state index in [1.807, 2.05) is 0 Å². The first-order valence-electron chi connectivity index (χ1n) is 4.65. The summed E-state index contributed by atoms with van der Waals surface area (Å²) in [6.45, 7) is 0. The molecule has 0 unspecified atom stereocenters. The number of carbonyl (C=O) groups is 1. The van der Waals surface area contributed by atoms with Gasteiger partial charge in [-0.15, -0.1) is 0 Å². The topological polar surface area (TPSA) is 93.8 Å². The van der Waals surface area contributed by atoms with Crippen molar-refractivity contribution in [2.45, 2.75) is 0 Å². The minimum Gasteiger partial charge on any atom is -0.397 e. The summed E-state index contributed by atoms with van der Waals surface area (Å²) >= 11 is 5.66. The highest BCUT2D eigenvalue weighted by molar-refractivity contribution is 6.29. The van der Waals surface area contributed by atoms with Gasteiger partial charge in [0.05, 0.1) is 11.9 Å². The fourth-order valence-corrected chi connectivity index (χ4v) is 1.27. The second-order valence-electron chi connectivity index (χ2n) is 3.16. The number of hydrogen-bond acceptors (Lipinski definition) is 5. The predicted octanol–water partition coefficient (Wildman–Crippen LogP) is 1.36. The van der Waals surface area contributed by atoms with E-state index in [2.05, 4.69) is 20.3 Å². The molecule has 6 nitrogen and oxygen atoms in total. The molecule has 7 heteroatoms. The van der Waals surface area contributed by atoms with Gasteiger partial charge in [0, 0.05) is 6.07 Å². The molecule has 0 radical (unpaired) electrons. The summed E-state index contributed by atoms with van der Waals surface area (Å²) in [7, 11) is 0. The van der Waals surface area contributed by atoms with Gasteiger partial charge in [0.25, 0.3) is 5.91 Å². The van der Waals surface area contributed by atoms with Crippen LogP contribution in [0.3, 0.4) is 0 Å². The third-order valence-corrected chi connectivity index (χ3v) is 2.10. The molecule has 0 atom stereocenters. The van der Waals surface area contributed by atoms with Gasteiger partial charge in [-0.25, -0.2) is 15.0 Å². The van der Waals surface area contributed by atoms with Crippen LogP contribution in [0, 0.1) is 0 Å². The molecule has 86 valence electrons. The lowest BCUT2D eigenvalue weighted by atomic mass is 10.3. The number of rotatable bonds is 2. The van der Waals surface area contributed by atoms with Crippen molar-refractivity contribution < 1.29 is 4.79 Å². The first kappa shape index (κ1) is 11.3. The second-order valence-corrected chi connectivity index (χ2v) is 3.54. The minimum absolute atomic E-state index is 0.244. The molecule has 0 aromatic carbocycles. The number of nitrogens with zero attached hydrogens (tertiary/aromatic N) is 3. The monoisotopic (exact) mass is 249 g/mol. The standard InChI is InChI=1S/C10H8ClN5O/c11-8-3-9(15-5-14-8)16-10(17)7-2-1-6(12)4-13-7/h1-5H,12H2,(H,14,15,16,17). The highest BCUT2D eigenvalue weighted by Crippen LogP contribution is 2.10. The molecule has 0 fully saturated rings. The van der Waals surface area contributed by atoms with Crippen molar-refractivity contribution >= 4 is 29.0 Å². The van der Waals surface area contributed by atoms with Gasteiger partial charge >= 0.3 is 0 Å². The van der Waals surface area contributed by atoms with E-state index in [0.29, 0.717) is 11.5 Å². The SMILES string of the molecule is Nc1ccc(C(=O)Nc2cc(Cl)ncn2)nc1. The second kappa shape index (κ2) is 4.75. The highest BCUT2D eigenvalue weighted by atomic mass is 35.5. The van der Waals surface area contributed by atoms with Gasteiger partial charge in [0.2, 0.25) is 0 Å². The lowest BCUT2D eigenvalue weighted by Crippen LogP contribution is -2.14. The molecular weight excluding hydrogens is 242 g/mol. The molecule has 2 rings (SSSR count).